The van der Waals surface area contributed by atoms with Crippen LogP contribution in [0.3, 0.4) is 0 Å². The summed E-state index contributed by atoms with van der Waals surface area (Å²) in [5, 5.41) is 2.57. The van der Waals surface area contributed by atoms with E-state index in [0.717, 1.165) is 12.0 Å². The van der Waals surface area contributed by atoms with Crippen molar-refractivity contribution in [3.05, 3.63) is 30.1 Å². The summed E-state index contributed by atoms with van der Waals surface area (Å²) >= 11 is 0. The summed E-state index contributed by atoms with van der Waals surface area (Å²) in [5.41, 5.74) is 1.08. The van der Waals surface area contributed by atoms with E-state index in [1.807, 2.05) is 30.2 Å². The highest BCUT2D eigenvalue weighted by Gasteiger charge is 2.37. The molecular weight excluding hydrogens is 282 g/mol. The molecule has 2 amide bonds. The van der Waals surface area contributed by atoms with E-state index in [-0.39, 0.29) is 30.5 Å². The molecule has 1 aromatic heterocycles. The number of ether oxygens (including phenoxy) is 1. The van der Waals surface area contributed by atoms with Crippen LogP contribution in [-0.4, -0.2) is 53.5 Å². The van der Waals surface area contributed by atoms with Crippen LogP contribution in [0, 0.1) is 0 Å². The molecule has 22 heavy (non-hydrogen) atoms. The number of carbonyl (C=O) groups excluding carboxylic acids is 2. The van der Waals surface area contributed by atoms with Crippen molar-refractivity contribution >= 4 is 11.8 Å². The summed E-state index contributed by atoms with van der Waals surface area (Å²) in [4.78, 5) is 29.3. The summed E-state index contributed by atoms with van der Waals surface area (Å²) in [6.45, 7) is 4.70. The van der Waals surface area contributed by atoms with Gasteiger partial charge in [0.2, 0.25) is 11.8 Å². The molecule has 0 spiro atoms. The number of hydrogen-bond acceptors (Lipinski definition) is 4. The molecule has 1 aliphatic heterocycles. The van der Waals surface area contributed by atoms with Crippen molar-refractivity contribution in [1.82, 2.24) is 15.2 Å². The maximum Gasteiger partial charge on any atom is 0.242 e. The number of likely N-dealkylation sites (tertiary alicyclic amines) is 1. The predicted molar refractivity (Wildman–Crippen MR) is 82.2 cm³/mol. The van der Waals surface area contributed by atoms with E-state index < -0.39 is 0 Å². The van der Waals surface area contributed by atoms with E-state index >= 15 is 0 Å². The summed E-state index contributed by atoms with van der Waals surface area (Å²) < 4.78 is 5.79. The van der Waals surface area contributed by atoms with Gasteiger partial charge in [0.15, 0.2) is 0 Å². The maximum absolute atomic E-state index is 12.3. The molecule has 1 aliphatic rings. The molecule has 0 radical (unpaired) electrons. The molecule has 0 aliphatic carbocycles. The molecule has 120 valence electrons. The van der Waals surface area contributed by atoms with Crippen LogP contribution >= 0.6 is 0 Å². The molecule has 2 atom stereocenters. The van der Waals surface area contributed by atoms with Crippen molar-refractivity contribution in [1.29, 1.82) is 0 Å². The van der Waals surface area contributed by atoms with E-state index in [1.165, 1.54) is 6.92 Å². The number of rotatable bonds is 6. The Morgan fingerprint density at radius 2 is 2.32 bits per heavy atom. The molecule has 2 rings (SSSR count). The largest absolute Gasteiger partial charge is 0.376 e. The number of amides is 2. The standard InChI is InChI=1S/C16H23N3O3/c1-3-22-15-6-8-19(16(21)11-18-12(2)20)14(15)9-13-5-4-7-17-10-13/h4-5,7,10,14-15H,3,6,8-9,11H2,1-2H3,(H,18,20)/t14-,15-/m1/s1. The highest BCUT2D eigenvalue weighted by molar-refractivity contribution is 5.84. The van der Waals surface area contributed by atoms with Crippen LogP contribution in [-0.2, 0) is 20.7 Å². The van der Waals surface area contributed by atoms with Crippen molar-refractivity contribution in [3.8, 4) is 0 Å². The van der Waals surface area contributed by atoms with Crippen molar-refractivity contribution in [2.75, 3.05) is 19.7 Å². The average molecular weight is 305 g/mol. The molecule has 0 aromatic carbocycles. The number of hydrogen-bond donors (Lipinski definition) is 1. The van der Waals surface area contributed by atoms with Crippen LogP contribution in [0.15, 0.2) is 24.5 Å². The van der Waals surface area contributed by atoms with Crippen LogP contribution < -0.4 is 5.32 Å². The lowest BCUT2D eigenvalue weighted by molar-refractivity contribution is -0.134. The third-order valence-corrected chi connectivity index (χ3v) is 3.84. The Labute approximate surface area is 130 Å². The smallest absolute Gasteiger partial charge is 0.242 e. The van der Waals surface area contributed by atoms with Crippen LogP contribution in [0.2, 0.25) is 0 Å². The Kier molecular flexibility index (Phi) is 5.89. The highest BCUT2D eigenvalue weighted by Crippen LogP contribution is 2.24. The zero-order valence-corrected chi connectivity index (χ0v) is 13.1. The second-order valence-electron chi connectivity index (χ2n) is 5.41. The van der Waals surface area contributed by atoms with Crippen molar-refractivity contribution in [2.24, 2.45) is 0 Å². The van der Waals surface area contributed by atoms with E-state index in [0.29, 0.717) is 19.6 Å². The SMILES string of the molecule is CCO[C@@H]1CCN(C(=O)CNC(C)=O)[C@@H]1Cc1cccnc1. The van der Waals surface area contributed by atoms with Crippen molar-refractivity contribution in [2.45, 2.75) is 38.8 Å². The minimum absolute atomic E-state index is 0.00888. The first-order valence-electron chi connectivity index (χ1n) is 7.66. The van der Waals surface area contributed by atoms with Gasteiger partial charge in [-0.15, -0.1) is 0 Å². The third-order valence-electron chi connectivity index (χ3n) is 3.84. The van der Waals surface area contributed by atoms with E-state index in [2.05, 4.69) is 10.3 Å². The van der Waals surface area contributed by atoms with Gasteiger partial charge in [-0.3, -0.25) is 14.6 Å². The van der Waals surface area contributed by atoms with Gasteiger partial charge in [0.25, 0.3) is 0 Å². The Bertz CT molecular complexity index is 507. The maximum atomic E-state index is 12.3. The molecule has 1 N–H and O–H groups in total. The Balaban J connectivity index is 2.07. The molecule has 1 saturated heterocycles. The van der Waals surface area contributed by atoms with Gasteiger partial charge in [-0.2, -0.15) is 0 Å². The number of nitrogens with one attached hydrogen (secondary N) is 1. The lowest BCUT2D eigenvalue weighted by Gasteiger charge is -2.28. The van der Waals surface area contributed by atoms with E-state index in [9.17, 15) is 9.59 Å². The second-order valence-corrected chi connectivity index (χ2v) is 5.41. The molecule has 0 unspecified atom stereocenters. The van der Waals surface area contributed by atoms with Gasteiger partial charge in [0.1, 0.15) is 0 Å². The molecule has 0 saturated carbocycles. The molecule has 1 fully saturated rings. The van der Waals surface area contributed by atoms with Crippen LogP contribution in [0.1, 0.15) is 25.8 Å². The minimum atomic E-state index is -0.197. The lowest BCUT2D eigenvalue weighted by Crippen LogP contribution is -2.46. The monoisotopic (exact) mass is 305 g/mol. The summed E-state index contributed by atoms with van der Waals surface area (Å²) in [5.74, 6) is -0.260. The molecule has 6 heteroatoms. The topological polar surface area (TPSA) is 71.5 Å². The Hall–Kier alpha value is -1.95. The van der Waals surface area contributed by atoms with Crippen LogP contribution in [0.5, 0.6) is 0 Å². The fraction of sp³-hybridized carbons (Fsp3) is 0.562. The first kappa shape index (κ1) is 16.4. The molecule has 1 aromatic rings. The van der Waals surface area contributed by atoms with Gasteiger partial charge in [-0.1, -0.05) is 6.07 Å². The van der Waals surface area contributed by atoms with E-state index in [1.54, 1.807) is 6.20 Å². The van der Waals surface area contributed by atoms with Crippen molar-refractivity contribution in [3.63, 3.8) is 0 Å². The molecule has 0 bridgehead atoms. The number of pyridine rings is 1. The zero-order chi connectivity index (χ0) is 15.9. The summed E-state index contributed by atoms with van der Waals surface area (Å²) in [6, 6.07) is 3.89. The Morgan fingerprint density at radius 1 is 1.50 bits per heavy atom. The normalized spacial score (nSPS) is 20.9. The minimum Gasteiger partial charge on any atom is -0.376 e. The first-order chi connectivity index (χ1) is 10.6. The van der Waals surface area contributed by atoms with Gasteiger partial charge >= 0.3 is 0 Å². The number of aromatic nitrogens is 1. The third kappa shape index (κ3) is 4.27. The van der Waals surface area contributed by atoms with Gasteiger partial charge < -0.3 is 15.0 Å². The quantitative estimate of drug-likeness (QED) is 0.842. The van der Waals surface area contributed by atoms with Gasteiger partial charge in [0, 0.05) is 32.5 Å². The first-order valence-corrected chi connectivity index (χ1v) is 7.66. The Morgan fingerprint density at radius 3 is 2.95 bits per heavy atom. The predicted octanol–water partition coefficient (Wildman–Crippen LogP) is 0.766. The second kappa shape index (κ2) is 7.89. The summed E-state index contributed by atoms with van der Waals surface area (Å²) in [6.07, 6.45) is 5.12. The molecule has 2 heterocycles. The number of nitrogens with zero attached hydrogens (tertiary/aromatic N) is 2. The zero-order valence-electron chi connectivity index (χ0n) is 13.1. The average Bonchev–Trinajstić information content (AvgIpc) is 2.89. The van der Waals surface area contributed by atoms with Gasteiger partial charge in [-0.05, 0) is 31.4 Å². The van der Waals surface area contributed by atoms with Crippen LogP contribution in [0.4, 0.5) is 0 Å². The molecule has 6 nitrogen and oxygen atoms in total. The number of carbonyl (C=O) groups is 2. The molecular formula is C16H23N3O3. The van der Waals surface area contributed by atoms with Gasteiger partial charge in [-0.25, -0.2) is 0 Å². The highest BCUT2D eigenvalue weighted by atomic mass is 16.5. The van der Waals surface area contributed by atoms with Gasteiger partial charge in [0.05, 0.1) is 18.7 Å². The summed E-state index contributed by atoms with van der Waals surface area (Å²) in [7, 11) is 0. The lowest BCUT2D eigenvalue weighted by atomic mass is 10.0. The van der Waals surface area contributed by atoms with E-state index in [4.69, 9.17) is 4.74 Å². The van der Waals surface area contributed by atoms with Crippen molar-refractivity contribution < 1.29 is 14.3 Å². The fourth-order valence-electron chi connectivity index (χ4n) is 2.85. The van der Waals surface area contributed by atoms with Crippen LogP contribution in [0.25, 0.3) is 0 Å². The fourth-order valence-corrected chi connectivity index (χ4v) is 2.85.